The maximum Gasteiger partial charge on any atom is 0.270 e. The minimum atomic E-state index is -3.92. The molecule has 0 aromatic heterocycles. The molecule has 2 fully saturated rings. The van der Waals surface area contributed by atoms with Gasteiger partial charge in [0.2, 0.25) is 10.0 Å². The average molecular weight is 425 g/mol. The zero-order valence-corrected chi connectivity index (χ0v) is 17.9. The second kappa shape index (κ2) is 8.37. The van der Waals surface area contributed by atoms with Crippen LogP contribution in [0.2, 0.25) is 0 Å². The van der Waals surface area contributed by atoms with E-state index in [1.54, 1.807) is 0 Å². The number of nitrogens with zero attached hydrogens (tertiary/aromatic N) is 3. The summed E-state index contributed by atoms with van der Waals surface area (Å²) in [5, 5.41) is 15.7. The summed E-state index contributed by atoms with van der Waals surface area (Å²) in [5.41, 5.74) is 3.96. The van der Waals surface area contributed by atoms with E-state index in [4.69, 9.17) is 4.74 Å². The van der Waals surface area contributed by atoms with Crippen molar-refractivity contribution >= 4 is 27.1 Å². The molecule has 2 aliphatic rings. The molecule has 1 saturated carbocycles. The predicted octanol–water partition coefficient (Wildman–Crippen LogP) is 3.23. The molecule has 0 bridgehead atoms. The molecule has 1 aromatic carbocycles. The van der Waals surface area contributed by atoms with Gasteiger partial charge in [0.15, 0.2) is 0 Å². The summed E-state index contributed by atoms with van der Waals surface area (Å²) < 4.78 is 32.8. The van der Waals surface area contributed by atoms with E-state index < -0.39 is 14.9 Å². The van der Waals surface area contributed by atoms with Crippen LogP contribution in [-0.4, -0.2) is 49.7 Å². The van der Waals surface area contributed by atoms with Gasteiger partial charge in [-0.2, -0.15) is 9.41 Å². The Bertz CT molecular complexity index is 907. The number of hydrogen-bond acceptors (Lipinski definition) is 7. The van der Waals surface area contributed by atoms with Crippen molar-refractivity contribution in [3.05, 3.63) is 28.3 Å². The molecule has 29 heavy (non-hydrogen) atoms. The van der Waals surface area contributed by atoms with Crippen LogP contribution in [-0.2, 0) is 14.8 Å². The molecular formula is C19H28N4O5S. The quantitative estimate of drug-likeness (QED) is 0.573. The average Bonchev–Trinajstić information content (AvgIpc) is 2.65. The highest BCUT2D eigenvalue weighted by atomic mass is 32.2. The Balaban J connectivity index is 1.94. The van der Waals surface area contributed by atoms with Crippen molar-refractivity contribution in [3.8, 4) is 0 Å². The molecule has 9 nitrogen and oxygen atoms in total. The number of benzene rings is 1. The zero-order valence-electron chi connectivity index (χ0n) is 17.1. The summed E-state index contributed by atoms with van der Waals surface area (Å²) in [4.78, 5) is 10.5. The van der Waals surface area contributed by atoms with E-state index in [1.165, 1.54) is 16.4 Å². The molecule has 160 valence electrons. The summed E-state index contributed by atoms with van der Waals surface area (Å²) in [7, 11) is -3.92. The van der Waals surface area contributed by atoms with E-state index in [9.17, 15) is 18.5 Å². The maximum atomic E-state index is 13.1. The van der Waals surface area contributed by atoms with Crippen LogP contribution in [0.1, 0.15) is 40.0 Å². The lowest BCUT2D eigenvalue weighted by atomic mass is 9.72. The number of hydrazone groups is 1. The standard InChI is InChI=1S/C19H28N4O5S/c1-14-10-15(13-19(2,3)12-14)20-21-17-5-4-16(23(24)25)11-18(17)29(26,27)22-6-8-28-9-7-22/h4-5,11,14,21H,6-10,12-13H2,1-3H3. The third-order valence-corrected chi connectivity index (χ3v) is 7.20. The monoisotopic (exact) mass is 424 g/mol. The topological polar surface area (TPSA) is 114 Å². The van der Waals surface area contributed by atoms with Crippen molar-refractivity contribution in [1.82, 2.24) is 4.31 Å². The first-order chi connectivity index (χ1) is 13.6. The van der Waals surface area contributed by atoms with Crippen LogP contribution >= 0.6 is 0 Å². The number of nitro groups is 1. The van der Waals surface area contributed by atoms with Crippen molar-refractivity contribution in [2.75, 3.05) is 31.7 Å². The van der Waals surface area contributed by atoms with E-state index in [2.05, 4.69) is 31.3 Å². The zero-order chi connectivity index (χ0) is 21.2. The van der Waals surface area contributed by atoms with Crippen LogP contribution in [0.3, 0.4) is 0 Å². The van der Waals surface area contributed by atoms with Gasteiger partial charge < -0.3 is 4.74 Å². The van der Waals surface area contributed by atoms with Crippen LogP contribution < -0.4 is 5.43 Å². The lowest BCUT2D eigenvalue weighted by molar-refractivity contribution is -0.385. The van der Waals surface area contributed by atoms with Crippen LogP contribution in [0.4, 0.5) is 11.4 Å². The van der Waals surface area contributed by atoms with Gasteiger partial charge in [-0.3, -0.25) is 15.5 Å². The summed E-state index contributed by atoms with van der Waals surface area (Å²) in [6.07, 6.45) is 2.78. The first kappa shape index (κ1) is 21.7. The number of nitrogens with one attached hydrogen (secondary N) is 1. The minimum Gasteiger partial charge on any atom is -0.379 e. The highest BCUT2D eigenvalue weighted by Crippen LogP contribution is 2.37. The summed E-state index contributed by atoms with van der Waals surface area (Å²) in [5.74, 6) is 0.493. The Hall–Kier alpha value is -2.04. The van der Waals surface area contributed by atoms with E-state index in [0.717, 1.165) is 31.0 Å². The molecule has 1 aromatic rings. The lowest BCUT2D eigenvalue weighted by Crippen LogP contribution is -2.40. The molecule has 1 aliphatic heterocycles. The third-order valence-electron chi connectivity index (χ3n) is 5.27. The smallest absolute Gasteiger partial charge is 0.270 e. The molecule has 3 rings (SSSR count). The Labute approximate surface area is 171 Å². The van der Waals surface area contributed by atoms with Crippen LogP contribution in [0.25, 0.3) is 0 Å². The number of morpholine rings is 1. The third kappa shape index (κ3) is 5.12. The molecule has 10 heteroatoms. The van der Waals surface area contributed by atoms with Crippen LogP contribution in [0, 0.1) is 21.4 Å². The predicted molar refractivity (Wildman–Crippen MR) is 111 cm³/mol. The highest BCUT2D eigenvalue weighted by Gasteiger charge is 2.32. The van der Waals surface area contributed by atoms with Gasteiger partial charge in [-0.15, -0.1) is 0 Å². The van der Waals surface area contributed by atoms with Crippen molar-refractivity contribution in [2.24, 2.45) is 16.4 Å². The molecule has 1 aliphatic carbocycles. The number of anilines is 1. The van der Waals surface area contributed by atoms with E-state index in [0.29, 0.717) is 19.1 Å². The number of sulfonamides is 1. The Morgan fingerprint density at radius 2 is 2.00 bits per heavy atom. The molecule has 0 amide bonds. The number of nitro benzene ring substituents is 1. The van der Waals surface area contributed by atoms with Gasteiger partial charge in [0.25, 0.3) is 5.69 Å². The first-order valence-corrected chi connectivity index (χ1v) is 11.2. The van der Waals surface area contributed by atoms with Crippen molar-refractivity contribution in [2.45, 2.75) is 44.9 Å². The molecule has 1 unspecified atom stereocenters. The van der Waals surface area contributed by atoms with Gasteiger partial charge in [0, 0.05) is 30.9 Å². The second-order valence-corrected chi connectivity index (χ2v) is 10.5. The highest BCUT2D eigenvalue weighted by molar-refractivity contribution is 7.89. The molecular weight excluding hydrogens is 396 g/mol. The van der Waals surface area contributed by atoms with Crippen LogP contribution in [0.15, 0.2) is 28.2 Å². The number of rotatable bonds is 5. The van der Waals surface area contributed by atoms with Gasteiger partial charge in [-0.1, -0.05) is 20.8 Å². The van der Waals surface area contributed by atoms with E-state index in [1.807, 2.05) is 0 Å². The fraction of sp³-hybridized carbons (Fsp3) is 0.632. The Morgan fingerprint density at radius 1 is 1.31 bits per heavy atom. The fourth-order valence-electron chi connectivity index (χ4n) is 4.20. The SMILES string of the molecule is CC1CC(=NNc2ccc([N+](=O)[O-])cc2S(=O)(=O)N2CCOCC2)CC(C)(C)C1. The normalized spacial score (nSPS) is 24.4. The summed E-state index contributed by atoms with van der Waals surface area (Å²) in [6, 6.07) is 3.79. The van der Waals surface area contributed by atoms with E-state index >= 15 is 0 Å². The molecule has 1 saturated heterocycles. The molecule has 1 heterocycles. The Morgan fingerprint density at radius 3 is 2.62 bits per heavy atom. The van der Waals surface area contributed by atoms with Crippen molar-refractivity contribution < 1.29 is 18.1 Å². The van der Waals surface area contributed by atoms with Gasteiger partial charge in [0.05, 0.1) is 23.8 Å². The minimum absolute atomic E-state index is 0.135. The van der Waals surface area contributed by atoms with Gasteiger partial charge in [0.1, 0.15) is 4.90 Å². The molecule has 1 atom stereocenters. The summed E-state index contributed by atoms with van der Waals surface area (Å²) in [6.45, 7) is 7.58. The first-order valence-electron chi connectivity index (χ1n) is 9.76. The van der Waals surface area contributed by atoms with E-state index in [-0.39, 0.29) is 34.8 Å². The van der Waals surface area contributed by atoms with Crippen molar-refractivity contribution in [3.63, 3.8) is 0 Å². The largest absolute Gasteiger partial charge is 0.379 e. The maximum absolute atomic E-state index is 13.1. The van der Waals surface area contributed by atoms with Crippen LogP contribution in [0.5, 0.6) is 0 Å². The fourth-order valence-corrected chi connectivity index (χ4v) is 5.76. The second-order valence-electron chi connectivity index (χ2n) is 8.60. The van der Waals surface area contributed by atoms with Gasteiger partial charge in [-0.05, 0) is 36.7 Å². The number of hydrogen-bond donors (Lipinski definition) is 1. The van der Waals surface area contributed by atoms with Gasteiger partial charge >= 0.3 is 0 Å². The lowest BCUT2D eigenvalue weighted by Gasteiger charge is -2.34. The molecule has 1 N–H and O–H groups in total. The Kier molecular flexibility index (Phi) is 6.25. The molecule has 0 radical (unpaired) electrons. The van der Waals surface area contributed by atoms with Crippen molar-refractivity contribution in [1.29, 1.82) is 0 Å². The number of ether oxygens (including phenoxy) is 1. The number of non-ortho nitro benzene ring substituents is 1. The molecule has 0 spiro atoms. The van der Waals surface area contributed by atoms with Gasteiger partial charge in [-0.25, -0.2) is 8.42 Å². The summed E-state index contributed by atoms with van der Waals surface area (Å²) >= 11 is 0.